The number of hydrogen-bond donors (Lipinski definition) is 1. The van der Waals surface area contributed by atoms with Crippen LogP contribution in [0.25, 0.3) is 0 Å². The summed E-state index contributed by atoms with van der Waals surface area (Å²) in [5.74, 6) is -0.524. The van der Waals surface area contributed by atoms with E-state index in [-0.39, 0.29) is 15.5 Å². The summed E-state index contributed by atoms with van der Waals surface area (Å²) in [6, 6.07) is 5.64. The van der Waals surface area contributed by atoms with Crippen LogP contribution in [0.4, 0.5) is 11.4 Å². The van der Waals surface area contributed by atoms with Gasteiger partial charge in [0.25, 0.3) is 11.6 Å². The van der Waals surface area contributed by atoms with E-state index in [4.69, 9.17) is 0 Å². The molecule has 0 unspecified atom stereocenters. The molecule has 8 nitrogen and oxygen atoms in total. The minimum Gasteiger partial charge on any atom is -0.321 e. The Morgan fingerprint density at radius 3 is 2.40 bits per heavy atom. The molecule has 10 heteroatoms. The zero-order chi connectivity index (χ0) is 18.9. The van der Waals surface area contributed by atoms with Crippen LogP contribution in [0, 0.1) is 24.0 Å². The summed E-state index contributed by atoms with van der Waals surface area (Å²) in [5, 5.41) is 13.5. The molecule has 1 amide bonds. The number of anilines is 1. The van der Waals surface area contributed by atoms with E-state index in [2.05, 4.69) is 5.32 Å². The van der Waals surface area contributed by atoms with E-state index in [0.29, 0.717) is 16.1 Å². The Labute approximate surface area is 149 Å². The third-order valence-electron chi connectivity index (χ3n) is 3.55. The van der Waals surface area contributed by atoms with E-state index >= 15 is 0 Å². The fourth-order valence-corrected chi connectivity index (χ4v) is 3.87. The van der Waals surface area contributed by atoms with Crippen LogP contribution in [0.15, 0.2) is 29.2 Å². The van der Waals surface area contributed by atoms with Crippen molar-refractivity contribution in [1.29, 1.82) is 0 Å². The Bertz CT molecular complexity index is 948. The monoisotopic (exact) mass is 383 g/mol. The number of hydrogen-bond acceptors (Lipinski definition) is 6. The highest BCUT2D eigenvalue weighted by molar-refractivity contribution is 7.89. The number of sulfonamides is 1. The molecule has 0 aliphatic rings. The molecule has 0 atom stereocenters. The highest BCUT2D eigenvalue weighted by Gasteiger charge is 2.22. The van der Waals surface area contributed by atoms with E-state index in [1.165, 1.54) is 32.3 Å². The first-order valence-corrected chi connectivity index (χ1v) is 9.39. The van der Waals surface area contributed by atoms with Crippen LogP contribution in [0.1, 0.15) is 20.1 Å². The standard InChI is InChI=1S/C15H17N3O5S2/c1-9-5-6-11(25(22,23)17(3)4)7-12(9)16-15(19)14-8-13(18(20)21)10(2)24-14/h5-8H,1-4H3,(H,16,19). The van der Waals surface area contributed by atoms with E-state index in [1.807, 2.05) is 0 Å². The number of carbonyl (C=O) groups is 1. The quantitative estimate of drug-likeness (QED) is 0.631. The first-order chi connectivity index (χ1) is 11.5. The fourth-order valence-electron chi connectivity index (χ4n) is 2.06. The summed E-state index contributed by atoms with van der Waals surface area (Å²) in [7, 11) is -0.800. The molecule has 0 aliphatic carbocycles. The lowest BCUT2D eigenvalue weighted by Gasteiger charge is -2.14. The molecule has 0 radical (unpaired) electrons. The largest absolute Gasteiger partial charge is 0.321 e. The van der Waals surface area contributed by atoms with E-state index in [9.17, 15) is 23.3 Å². The first kappa shape index (κ1) is 19.0. The van der Waals surface area contributed by atoms with Crippen molar-refractivity contribution in [3.05, 3.63) is 49.7 Å². The predicted octanol–water partition coefficient (Wildman–Crippen LogP) is 2.78. The van der Waals surface area contributed by atoms with Crippen LogP contribution in [0.5, 0.6) is 0 Å². The summed E-state index contributed by atoms with van der Waals surface area (Å²) in [5.41, 5.74) is 0.895. The molecule has 0 fully saturated rings. The molecular formula is C15H17N3O5S2. The van der Waals surface area contributed by atoms with Crippen molar-refractivity contribution in [3.63, 3.8) is 0 Å². The Hall–Kier alpha value is -2.30. The van der Waals surface area contributed by atoms with Crippen molar-refractivity contribution < 1.29 is 18.1 Å². The summed E-state index contributed by atoms with van der Waals surface area (Å²) in [6.07, 6.45) is 0. The average molecular weight is 383 g/mol. The fraction of sp³-hybridized carbons (Fsp3) is 0.267. The molecule has 0 saturated heterocycles. The number of aryl methyl sites for hydroxylation is 2. The van der Waals surface area contributed by atoms with E-state index < -0.39 is 20.9 Å². The maximum Gasteiger partial charge on any atom is 0.283 e. The topological polar surface area (TPSA) is 110 Å². The van der Waals surface area contributed by atoms with Crippen LogP contribution in [0.3, 0.4) is 0 Å². The van der Waals surface area contributed by atoms with Gasteiger partial charge in [-0.15, -0.1) is 11.3 Å². The number of carbonyl (C=O) groups excluding carboxylic acids is 1. The van der Waals surface area contributed by atoms with Gasteiger partial charge in [-0.1, -0.05) is 6.07 Å². The Balaban J connectivity index is 2.35. The second-order valence-electron chi connectivity index (χ2n) is 5.53. The number of benzene rings is 1. The third-order valence-corrected chi connectivity index (χ3v) is 6.40. The molecule has 134 valence electrons. The van der Waals surface area contributed by atoms with Gasteiger partial charge < -0.3 is 5.32 Å². The number of rotatable bonds is 5. The number of amides is 1. The molecule has 0 spiro atoms. The molecule has 0 bridgehead atoms. The molecule has 1 aromatic heterocycles. The van der Waals surface area contributed by atoms with Gasteiger partial charge in [-0.3, -0.25) is 14.9 Å². The Morgan fingerprint density at radius 2 is 1.88 bits per heavy atom. The second-order valence-corrected chi connectivity index (χ2v) is 8.94. The SMILES string of the molecule is Cc1ccc(S(=O)(=O)N(C)C)cc1NC(=O)c1cc([N+](=O)[O-])c(C)s1. The number of nitro groups is 1. The molecular weight excluding hydrogens is 366 g/mol. The molecule has 1 aromatic carbocycles. The van der Waals surface area contributed by atoms with Crippen LogP contribution < -0.4 is 5.32 Å². The van der Waals surface area contributed by atoms with Gasteiger partial charge in [0.1, 0.15) is 0 Å². The molecule has 25 heavy (non-hydrogen) atoms. The van der Waals surface area contributed by atoms with Crippen LogP contribution in [-0.2, 0) is 10.0 Å². The Morgan fingerprint density at radius 1 is 1.24 bits per heavy atom. The predicted molar refractivity (Wildman–Crippen MR) is 95.7 cm³/mol. The first-order valence-electron chi connectivity index (χ1n) is 7.13. The molecule has 0 aliphatic heterocycles. The van der Waals surface area contributed by atoms with Crippen LogP contribution >= 0.6 is 11.3 Å². The molecule has 2 aromatic rings. The smallest absolute Gasteiger partial charge is 0.283 e. The number of thiophene rings is 1. The molecule has 1 heterocycles. The minimum atomic E-state index is -3.64. The summed E-state index contributed by atoms with van der Waals surface area (Å²) in [4.78, 5) is 23.4. The van der Waals surface area contributed by atoms with E-state index in [1.54, 1.807) is 19.9 Å². The van der Waals surface area contributed by atoms with Crippen molar-refractivity contribution in [1.82, 2.24) is 4.31 Å². The van der Waals surface area contributed by atoms with Gasteiger partial charge in [0, 0.05) is 25.8 Å². The Kier molecular flexibility index (Phi) is 5.26. The van der Waals surface area contributed by atoms with Crippen molar-refractivity contribution in [2.45, 2.75) is 18.7 Å². The highest BCUT2D eigenvalue weighted by Crippen LogP contribution is 2.29. The molecule has 0 saturated carbocycles. The minimum absolute atomic E-state index is 0.0479. The van der Waals surface area contributed by atoms with Gasteiger partial charge in [-0.25, -0.2) is 12.7 Å². The lowest BCUT2D eigenvalue weighted by atomic mass is 10.2. The summed E-state index contributed by atoms with van der Waals surface area (Å²) >= 11 is 1.01. The van der Waals surface area contributed by atoms with Crippen molar-refractivity contribution in [2.75, 3.05) is 19.4 Å². The lowest BCUT2D eigenvalue weighted by molar-refractivity contribution is -0.385. The zero-order valence-electron chi connectivity index (χ0n) is 14.1. The van der Waals surface area contributed by atoms with Crippen molar-refractivity contribution in [2.24, 2.45) is 0 Å². The van der Waals surface area contributed by atoms with Gasteiger partial charge in [-0.05, 0) is 31.5 Å². The van der Waals surface area contributed by atoms with Gasteiger partial charge in [0.15, 0.2) is 0 Å². The lowest BCUT2D eigenvalue weighted by Crippen LogP contribution is -2.22. The highest BCUT2D eigenvalue weighted by atomic mass is 32.2. The molecule has 2 rings (SSSR count). The summed E-state index contributed by atoms with van der Waals surface area (Å²) < 4.78 is 25.5. The maximum atomic E-state index is 12.4. The van der Waals surface area contributed by atoms with Gasteiger partial charge in [-0.2, -0.15) is 0 Å². The van der Waals surface area contributed by atoms with Gasteiger partial charge in [0.05, 0.1) is 19.6 Å². The molecule has 1 N–H and O–H groups in total. The normalized spacial score (nSPS) is 11.6. The number of nitrogens with one attached hydrogen (secondary N) is 1. The average Bonchev–Trinajstić information content (AvgIpc) is 2.91. The summed E-state index contributed by atoms with van der Waals surface area (Å²) in [6.45, 7) is 3.29. The maximum absolute atomic E-state index is 12.4. The van der Waals surface area contributed by atoms with Crippen molar-refractivity contribution >= 4 is 38.6 Å². The van der Waals surface area contributed by atoms with Crippen LogP contribution in [0.2, 0.25) is 0 Å². The van der Waals surface area contributed by atoms with Gasteiger partial charge >= 0.3 is 0 Å². The second kappa shape index (κ2) is 6.90. The van der Waals surface area contributed by atoms with Crippen LogP contribution in [-0.4, -0.2) is 37.6 Å². The van der Waals surface area contributed by atoms with E-state index in [0.717, 1.165) is 15.6 Å². The number of nitrogens with zero attached hydrogens (tertiary/aromatic N) is 2. The van der Waals surface area contributed by atoms with Crippen molar-refractivity contribution in [3.8, 4) is 0 Å². The van der Waals surface area contributed by atoms with Gasteiger partial charge in [0.2, 0.25) is 10.0 Å². The zero-order valence-corrected chi connectivity index (χ0v) is 15.7. The third kappa shape index (κ3) is 3.86.